The molecule has 0 atom stereocenters. The summed E-state index contributed by atoms with van der Waals surface area (Å²) < 4.78 is 1.57. The maximum Gasteiger partial charge on any atom is 0.172 e. The van der Waals surface area contributed by atoms with Gasteiger partial charge in [0.25, 0.3) is 0 Å². The van der Waals surface area contributed by atoms with Crippen molar-refractivity contribution in [3.8, 4) is 0 Å². The first-order chi connectivity index (χ1) is 6.22. The van der Waals surface area contributed by atoms with Crippen molar-refractivity contribution >= 4 is 34.8 Å². The maximum absolute atomic E-state index is 5.77. The zero-order chi connectivity index (χ0) is 9.42. The van der Waals surface area contributed by atoms with E-state index in [1.165, 1.54) is 0 Å². The molecule has 0 bridgehead atoms. The van der Waals surface area contributed by atoms with Crippen LogP contribution in [0.3, 0.4) is 0 Å². The molecule has 2 aromatic rings. The second kappa shape index (κ2) is 3.08. The fraction of sp³-hybridized carbons (Fsp3) is 0.143. The van der Waals surface area contributed by atoms with E-state index in [4.69, 9.17) is 17.3 Å². The van der Waals surface area contributed by atoms with Crippen molar-refractivity contribution in [3.05, 3.63) is 17.4 Å². The van der Waals surface area contributed by atoms with Crippen LogP contribution in [0.1, 0.15) is 0 Å². The van der Waals surface area contributed by atoms with E-state index in [0.717, 1.165) is 4.90 Å². The van der Waals surface area contributed by atoms with E-state index in [-0.39, 0.29) is 0 Å². The van der Waals surface area contributed by atoms with Crippen LogP contribution in [-0.4, -0.2) is 20.9 Å². The molecule has 0 aromatic carbocycles. The molecule has 2 rings (SSSR count). The number of nitrogen functional groups attached to an aromatic ring is 1. The molecule has 0 radical (unpaired) electrons. The molecule has 0 aliphatic heterocycles. The molecule has 2 heterocycles. The van der Waals surface area contributed by atoms with Crippen molar-refractivity contribution in [3.63, 3.8) is 0 Å². The Morgan fingerprint density at radius 1 is 1.62 bits per heavy atom. The van der Waals surface area contributed by atoms with Crippen LogP contribution >= 0.6 is 23.4 Å². The number of hydrogen-bond donors (Lipinski definition) is 1. The van der Waals surface area contributed by atoms with E-state index >= 15 is 0 Å². The summed E-state index contributed by atoms with van der Waals surface area (Å²) in [7, 11) is 0. The molecule has 0 saturated carbocycles. The average molecular weight is 215 g/mol. The third kappa shape index (κ3) is 1.34. The van der Waals surface area contributed by atoms with Gasteiger partial charge >= 0.3 is 0 Å². The van der Waals surface area contributed by atoms with Gasteiger partial charge in [0, 0.05) is 6.07 Å². The topological polar surface area (TPSA) is 56.2 Å². The first-order valence-corrected chi connectivity index (χ1v) is 5.16. The molecule has 0 aliphatic carbocycles. The highest BCUT2D eigenvalue weighted by molar-refractivity contribution is 7.98. The molecule has 13 heavy (non-hydrogen) atoms. The lowest BCUT2D eigenvalue weighted by atomic mass is 10.5. The predicted octanol–water partition coefficient (Wildman–Crippen LogP) is 1.69. The number of fused-ring (bicyclic) bond motifs is 1. The van der Waals surface area contributed by atoms with Gasteiger partial charge in [0.1, 0.15) is 11.0 Å². The molecular formula is C7H7ClN4S. The fourth-order valence-corrected chi connectivity index (χ4v) is 1.74. The number of thioether (sulfide) groups is 1. The first-order valence-electron chi connectivity index (χ1n) is 3.56. The number of halogens is 1. The van der Waals surface area contributed by atoms with E-state index in [1.807, 2.05) is 6.26 Å². The highest BCUT2D eigenvalue weighted by atomic mass is 35.5. The second-order valence-electron chi connectivity index (χ2n) is 2.45. The molecule has 68 valence electrons. The van der Waals surface area contributed by atoms with E-state index in [0.29, 0.717) is 16.6 Å². The minimum atomic E-state index is 0.390. The van der Waals surface area contributed by atoms with Crippen LogP contribution < -0.4 is 5.73 Å². The third-order valence-corrected chi connectivity index (χ3v) is 2.58. The first kappa shape index (κ1) is 8.65. The Kier molecular flexibility index (Phi) is 2.05. The molecule has 6 heteroatoms. The van der Waals surface area contributed by atoms with E-state index < -0.39 is 0 Å². The van der Waals surface area contributed by atoms with Crippen molar-refractivity contribution in [2.24, 2.45) is 0 Å². The smallest absolute Gasteiger partial charge is 0.172 e. The minimum absolute atomic E-state index is 0.390. The van der Waals surface area contributed by atoms with Crippen molar-refractivity contribution in [2.45, 2.75) is 4.90 Å². The Morgan fingerprint density at radius 2 is 2.38 bits per heavy atom. The number of anilines is 1. The van der Waals surface area contributed by atoms with Gasteiger partial charge < -0.3 is 5.73 Å². The molecule has 2 N–H and O–H groups in total. The Balaban J connectivity index is 2.82. The standard InChI is InChI=1S/C7H7ClN4S/c1-13-4-3-10-12-6(9)2-5(8)11-7(4)12/h2-3H,9H2,1H3. The zero-order valence-corrected chi connectivity index (χ0v) is 8.43. The second-order valence-corrected chi connectivity index (χ2v) is 3.69. The SMILES string of the molecule is CSc1cnn2c(N)cc(Cl)nc12. The Bertz CT molecular complexity index is 453. The molecule has 4 nitrogen and oxygen atoms in total. The Morgan fingerprint density at radius 3 is 3.08 bits per heavy atom. The molecule has 0 fully saturated rings. The van der Waals surface area contributed by atoms with Crippen LogP contribution in [0.15, 0.2) is 17.2 Å². The van der Waals surface area contributed by atoms with Gasteiger partial charge in [-0.1, -0.05) is 11.6 Å². The summed E-state index contributed by atoms with van der Waals surface area (Å²) in [6.07, 6.45) is 3.68. The molecule has 0 unspecified atom stereocenters. The number of nitrogens with two attached hydrogens (primary N) is 1. The maximum atomic E-state index is 5.77. The van der Waals surface area contributed by atoms with Crippen LogP contribution in [0.5, 0.6) is 0 Å². The largest absolute Gasteiger partial charge is 0.383 e. The van der Waals surface area contributed by atoms with Gasteiger partial charge in [-0.05, 0) is 6.26 Å². The van der Waals surface area contributed by atoms with Gasteiger partial charge in [-0.25, -0.2) is 4.98 Å². The summed E-state index contributed by atoms with van der Waals surface area (Å²) in [6.45, 7) is 0. The van der Waals surface area contributed by atoms with Crippen LogP contribution in [0.4, 0.5) is 5.82 Å². The lowest BCUT2D eigenvalue weighted by Crippen LogP contribution is -1.99. The van der Waals surface area contributed by atoms with Crippen molar-refractivity contribution in [2.75, 3.05) is 12.0 Å². The van der Waals surface area contributed by atoms with E-state index in [1.54, 1.807) is 28.5 Å². The van der Waals surface area contributed by atoms with E-state index in [9.17, 15) is 0 Å². The predicted molar refractivity (Wildman–Crippen MR) is 54.2 cm³/mol. The number of hydrogen-bond acceptors (Lipinski definition) is 4. The number of nitrogens with zero attached hydrogens (tertiary/aromatic N) is 3. The summed E-state index contributed by atoms with van der Waals surface area (Å²) in [5.74, 6) is 0.496. The highest BCUT2D eigenvalue weighted by Gasteiger charge is 2.07. The summed E-state index contributed by atoms with van der Waals surface area (Å²) in [4.78, 5) is 5.10. The van der Waals surface area contributed by atoms with Crippen molar-refractivity contribution in [1.82, 2.24) is 14.6 Å². The third-order valence-electron chi connectivity index (χ3n) is 1.66. The van der Waals surface area contributed by atoms with Gasteiger partial charge in [0.05, 0.1) is 11.1 Å². The molecule has 2 aromatic heterocycles. The van der Waals surface area contributed by atoms with E-state index in [2.05, 4.69) is 10.1 Å². The lowest BCUT2D eigenvalue weighted by Gasteiger charge is -1.99. The van der Waals surface area contributed by atoms with Crippen LogP contribution in [-0.2, 0) is 0 Å². The van der Waals surface area contributed by atoms with Gasteiger partial charge in [0.2, 0.25) is 0 Å². The highest BCUT2D eigenvalue weighted by Crippen LogP contribution is 2.22. The molecular weight excluding hydrogens is 208 g/mol. The van der Waals surface area contributed by atoms with Gasteiger partial charge in [-0.3, -0.25) is 0 Å². The summed E-state index contributed by atoms with van der Waals surface area (Å²) in [6, 6.07) is 1.58. The molecule has 0 spiro atoms. The zero-order valence-electron chi connectivity index (χ0n) is 6.86. The normalized spacial score (nSPS) is 10.9. The molecule has 0 aliphatic rings. The Labute approximate surface area is 84.1 Å². The van der Waals surface area contributed by atoms with Crippen molar-refractivity contribution in [1.29, 1.82) is 0 Å². The molecule has 0 amide bonds. The summed E-state index contributed by atoms with van der Waals surface area (Å²) >= 11 is 7.33. The quantitative estimate of drug-likeness (QED) is 0.580. The number of rotatable bonds is 1. The van der Waals surface area contributed by atoms with Gasteiger partial charge in [-0.15, -0.1) is 11.8 Å². The Hall–Kier alpha value is -0.940. The monoisotopic (exact) mass is 214 g/mol. The van der Waals surface area contributed by atoms with Crippen LogP contribution in [0.25, 0.3) is 5.65 Å². The van der Waals surface area contributed by atoms with Crippen LogP contribution in [0.2, 0.25) is 5.15 Å². The number of aromatic nitrogens is 3. The lowest BCUT2D eigenvalue weighted by molar-refractivity contribution is 0.952. The fourth-order valence-electron chi connectivity index (χ4n) is 1.08. The van der Waals surface area contributed by atoms with Crippen molar-refractivity contribution < 1.29 is 0 Å². The minimum Gasteiger partial charge on any atom is -0.383 e. The summed E-state index contributed by atoms with van der Waals surface area (Å²) in [5, 5.41) is 4.47. The van der Waals surface area contributed by atoms with Crippen LogP contribution in [0, 0.1) is 0 Å². The van der Waals surface area contributed by atoms with Gasteiger partial charge in [-0.2, -0.15) is 9.61 Å². The summed E-state index contributed by atoms with van der Waals surface area (Å²) in [5.41, 5.74) is 6.40. The van der Waals surface area contributed by atoms with Gasteiger partial charge in [0.15, 0.2) is 5.65 Å². The molecule has 0 saturated heterocycles. The average Bonchev–Trinajstić information content (AvgIpc) is 2.47.